The van der Waals surface area contributed by atoms with Gasteiger partial charge in [-0.15, -0.1) is 0 Å². The maximum absolute atomic E-state index is 13.3. The molecule has 3 N–H and O–H groups in total. The SMILES string of the molecule is Cc1ccc(NC(=O)c2ccc(CN3CCN(CCCCCCOCCOCCOCCOCCOCCOCC(=O)Nc4cccc5c4C(=O)N(C4CCC(=O)NC4=O)C5=O)CC3)cc2)cc1Cc1nccc(-c2cccnc2)n1. The number of pyridine rings is 1. The number of benzene rings is 3. The summed E-state index contributed by atoms with van der Waals surface area (Å²) in [5.74, 6) is -2.52. The van der Waals surface area contributed by atoms with E-state index in [-0.39, 0.29) is 55.4 Å². The number of piperidine rings is 1. The summed E-state index contributed by atoms with van der Waals surface area (Å²) in [5.41, 5.74) is 6.65. The van der Waals surface area contributed by atoms with Crippen molar-refractivity contribution in [3.63, 3.8) is 0 Å². The molecule has 21 nitrogen and oxygen atoms in total. The highest BCUT2D eigenvalue weighted by atomic mass is 16.6. The van der Waals surface area contributed by atoms with E-state index < -0.39 is 35.6 Å². The van der Waals surface area contributed by atoms with Crippen molar-refractivity contribution in [1.29, 1.82) is 0 Å². The van der Waals surface area contributed by atoms with Crippen molar-refractivity contribution in [2.45, 2.75) is 64.5 Å². The summed E-state index contributed by atoms with van der Waals surface area (Å²) >= 11 is 0. The number of carbonyl (C=O) groups excluding carboxylic acids is 6. The molecular formula is C60H73N9O12. The molecule has 5 heterocycles. The van der Waals surface area contributed by atoms with Gasteiger partial charge in [-0.25, -0.2) is 9.97 Å². The summed E-state index contributed by atoms with van der Waals surface area (Å²) < 4.78 is 33.4. The molecule has 3 aliphatic heterocycles. The molecule has 3 aromatic carbocycles. The predicted octanol–water partition coefficient (Wildman–Crippen LogP) is 5.51. The van der Waals surface area contributed by atoms with Crippen LogP contribution in [0.5, 0.6) is 0 Å². The van der Waals surface area contributed by atoms with Crippen LogP contribution in [0.25, 0.3) is 11.3 Å². The van der Waals surface area contributed by atoms with E-state index in [1.807, 2.05) is 48.5 Å². The lowest BCUT2D eigenvalue weighted by molar-refractivity contribution is -0.136. The van der Waals surface area contributed by atoms with Crippen LogP contribution in [0.1, 0.15) is 92.1 Å². The molecule has 0 bridgehead atoms. The molecule has 0 saturated carbocycles. The molecule has 5 aromatic rings. The fourth-order valence-corrected chi connectivity index (χ4v) is 9.63. The van der Waals surface area contributed by atoms with Crippen LogP contribution >= 0.6 is 0 Å². The van der Waals surface area contributed by atoms with E-state index in [0.29, 0.717) is 70.7 Å². The zero-order chi connectivity index (χ0) is 56.6. The Balaban J connectivity index is 0.561. The van der Waals surface area contributed by atoms with Crippen LogP contribution in [-0.4, -0.2) is 183 Å². The summed E-state index contributed by atoms with van der Waals surface area (Å²) in [5, 5.41) is 7.85. The topological polar surface area (TPSA) is 242 Å². The fraction of sp³-hybridized carbons (Fsp3) is 0.450. The molecule has 430 valence electrons. The Morgan fingerprint density at radius 1 is 0.679 bits per heavy atom. The number of nitrogens with zero attached hydrogens (tertiary/aromatic N) is 6. The smallest absolute Gasteiger partial charge is 0.264 e. The number of carbonyl (C=O) groups is 6. The van der Waals surface area contributed by atoms with Crippen molar-refractivity contribution in [3.05, 3.63) is 137 Å². The monoisotopic (exact) mass is 1110 g/mol. The van der Waals surface area contributed by atoms with Gasteiger partial charge in [-0.3, -0.25) is 48.9 Å². The highest BCUT2D eigenvalue weighted by Gasteiger charge is 2.45. The Kier molecular flexibility index (Phi) is 23.4. The molecule has 1 unspecified atom stereocenters. The number of rotatable bonds is 33. The van der Waals surface area contributed by atoms with Gasteiger partial charge in [-0.1, -0.05) is 37.1 Å². The van der Waals surface area contributed by atoms with E-state index in [4.69, 9.17) is 33.4 Å². The van der Waals surface area contributed by atoms with E-state index in [2.05, 4.69) is 54.8 Å². The standard InChI is InChI=1S/C60H73N9O12/c1-43-11-16-48(38-47(43)39-53-62-21-19-50(64-53)46-8-7-20-61-40-46)63-57(72)45-14-12-44(13-15-45)41-68-25-23-67(24-26-68)22-4-2-3-5-27-76-28-29-77-30-31-78-32-33-79-34-35-80-36-37-81-42-55(71)65-51-10-6-9-49-56(51)60(75)69(59(49)74)52-17-18-54(70)66-58(52)73/h6-16,19-21,38,40,52H,2-5,17-18,22-37,39,41-42H2,1H3,(H,63,72)(H,65,71)(H,66,70,73). The predicted molar refractivity (Wildman–Crippen MR) is 300 cm³/mol. The van der Waals surface area contributed by atoms with Crippen LogP contribution < -0.4 is 16.0 Å². The zero-order valence-corrected chi connectivity index (χ0v) is 46.1. The number of piperazine rings is 1. The number of hydrogen-bond acceptors (Lipinski definition) is 17. The van der Waals surface area contributed by atoms with Crippen molar-refractivity contribution in [2.75, 3.05) is 123 Å². The van der Waals surface area contributed by atoms with Gasteiger partial charge in [0.2, 0.25) is 17.7 Å². The average Bonchev–Trinajstić information content (AvgIpc) is 3.60. The molecule has 0 aliphatic carbocycles. The first-order valence-corrected chi connectivity index (χ1v) is 27.9. The molecule has 6 amide bonds. The first-order valence-electron chi connectivity index (χ1n) is 27.9. The summed E-state index contributed by atoms with van der Waals surface area (Å²) in [6, 6.07) is 23.0. The van der Waals surface area contributed by atoms with Gasteiger partial charge in [-0.2, -0.15) is 0 Å². The minimum absolute atomic E-state index is 0.00727. The van der Waals surface area contributed by atoms with Crippen molar-refractivity contribution in [2.24, 2.45) is 0 Å². The number of hydrogen-bond donors (Lipinski definition) is 3. The van der Waals surface area contributed by atoms with E-state index in [1.165, 1.54) is 36.6 Å². The molecule has 81 heavy (non-hydrogen) atoms. The second-order valence-corrected chi connectivity index (χ2v) is 19.9. The van der Waals surface area contributed by atoms with Gasteiger partial charge in [0.1, 0.15) is 18.5 Å². The number of ether oxygens (including phenoxy) is 6. The maximum Gasteiger partial charge on any atom is 0.264 e. The van der Waals surface area contributed by atoms with Crippen LogP contribution in [-0.2, 0) is 55.8 Å². The molecule has 2 saturated heterocycles. The Hall–Kier alpha value is -7.21. The van der Waals surface area contributed by atoms with Crippen LogP contribution in [0.3, 0.4) is 0 Å². The van der Waals surface area contributed by atoms with Crippen LogP contribution in [0.2, 0.25) is 0 Å². The van der Waals surface area contributed by atoms with E-state index >= 15 is 0 Å². The lowest BCUT2D eigenvalue weighted by Crippen LogP contribution is -2.54. The molecule has 2 fully saturated rings. The number of unbranched alkanes of at least 4 members (excludes halogenated alkanes) is 3. The number of imide groups is 2. The number of aryl methyl sites for hydroxylation is 1. The van der Waals surface area contributed by atoms with Gasteiger partial charge >= 0.3 is 0 Å². The van der Waals surface area contributed by atoms with E-state index in [1.54, 1.807) is 18.6 Å². The van der Waals surface area contributed by atoms with Crippen LogP contribution in [0.15, 0.2) is 97.5 Å². The molecule has 0 radical (unpaired) electrons. The lowest BCUT2D eigenvalue weighted by Gasteiger charge is -2.34. The molecule has 8 rings (SSSR count). The maximum atomic E-state index is 13.3. The second kappa shape index (κ2) is 31.7. The van der Waals surface area contributed by atoms with Gasteiger partial charge < -0.3 is 44.0 Å². The van der Waals surface area contributed by atoms with Crippen LogP contribution in [0, 0.1) is 6.92 Å². The Morgan fingerprint density at radius 3 is 2.05 bits per heavy atom. The van der Waals surface area contributed by atoms with Crippen molar-refractivity contribution in [3.8, 4) is 11.3 Å². The third-order valence-corrected chi connectivity index (χ3v) is 14.1. The normalized spacial score (nSPS) is 15.7. The van der Waals surface area contributed by atoms with Crippen molar-refractivity contribution >= 4 is 46.8 Å². The van der Waals surface area contributed by atoms with Gasteiger partial charge in [0.25, 0.3) is 17.7 Å². The summed E-state index contributed by atoms with van der Waals surface area (Å²) in [7, 11) is 0. The third-order valence-electron chi connectivity index (χ3n) is 14.1. The summed E-state index contributed by atoms with van der Waals surface area (Å²) in [4.78, 5) is 95.4. The average molecular weight is 1110 g/mol. The Morgan fingerprint density at radius 2 is 1.36 bits per heavy atom. The third kappa shape index (κ3) is 18.4. The Labute approximate surface area is 472 Å². The highest BCUT2D eigenvalue weighted by Crippen LogP contribution is 2.32. The molecule has 1 atom stereocenters. The van der Waals surface area contributed by atoms with Gasteiger partial charge in [-0.05, 0) is 104 Å². The summed E-state index contributed by atoms with van der Waals surface area (Å²) in [6.07, 6.45) is 10.4. The molecule has 21 heteroatoms. The fourth-order valence-electron chi connectivity index (χ4n) is 9.63. The summed E-state index contributed by atoms with van der Waals surface area (Å²) in [6.45, 7) is 12.5. The number of amides is 6. The minimum atomic E-state index is -1.11. The molecule has 3 aliphatic rings. The Bertz CT molecular complexity index is 2890. The quantitative estimate of drug-likeness (QED) is 0.0347. The first kappa shape index (κ1) is 59.9. The number of anilines is 2. The lowest BCUT2D eigenvalue weighted by atomic mass is 10.0. The second-order valence-electron chi connectivity index (χ2n) is 19.9. The number of aromatic nitrogens is 3. The van der Waals surface area contributed by atoms with Gasteiger partial charge in [0.15, 0.2) is 0 Å². The highest BCUT2D eigenvalue weighted by molar-refractivity contribution is 6.26. The number of nitrogens with one attached hydrogen (secondary N) is 3. The van der Waals surface area contributed by atoms with Gasteiger partial charge in [0, 0.05) is 87.6 Å². The van der Waals surface area contributed by atoms with Crippen molar-refractivity contribution in [1.82, 2.24) is 35.0 Å². The van der Waals surface area contributed by atoms with Crippen LogP contribution in [0.4, 0.5) is 11.4 Å². The molecule has 2 aromatic heterocycles. The largest absolute Gasteiger partial charge is 0.379 e. The molecule has 0 spiro atoms. The molecular weight excluding hydrogens is 1040 g/mol. The van der Waals surface area contributed by atoms with E-state index in [0.717, 1.165) is 91.7 Å². The minimum Gasteiger partial charge on any atom is -0.379 e. The first-order chi connectivity index (χ1) is 39.6. The number of fused-ring (bicyclic) bond motifs is 1. The van der Waals surface area contributed by atoms with E-state index in [9.17, 15) is 28.8 Å². The van der Waals surface area contributed by atoms with Gasteiger partial charge in [0.05, 0.1) is 88.6 Å². The zero-order valence-electron chi connectivity index (χ0n) is 46.1. The van der Waals surface area contributed by atoms with Crippen molar-refractivity contribution < 1.29 is 57.2 Å².